The number of halogens is 1. The van der Waals surface area contributed by atoms with Gasteiger partial charge >= 0.3 is 0 Å². The molecule has 0 unspecified atom stereocenters. The lowest BCUT2D eigenvalue weighted by Crippen LogP contribution is -1.71. The van der Waals surface area contributed by atoms with Gasteiger partial charge in [0.05, 0.1) is 0 Å². The van der Waals surface area contributed by atoms with Crippen LogP contribution >= 0.6 is 0 Å². The zero-order valence-corrected chi connectivity index (χ0v) is 12.0. The Kier molecular flexibility index (Phi) is 8.55. The van der Waals surface area contributed by atoms with Crippen LogP contribution in [0.1, 0.15) is 30.5 Å². The molecule has 0 saturated carbocycles. The fraction of sp³-hybridized carbons (Fsp3) is 0.294. The van der Waals surface area contributed by atoms with E-state index in [1.54, 1.807) is 12.1 Å². The van der Waals surface area contributed by atoms with Crippen LogP contribution in [0.5, 0.6) is 0 Å². The monoisotopic (exact) mass is 246 g/mol. The van der Waals surface area contributed by atoms with Crippen molar-refractivity contribution in [2.75, 3.05) is 0 Å². The SMILES string of the molecule is CC.Cc1ccc(C)cc1.Cc1ccc(F)cc1. The molecule has 0 fully saturated rings. The molecular weight excluding hydrogens is 223 g/mol. The number of aryl methyl sites for hydroxylation is 3. The van der Waals surface area contributed by atoms with E-state index in [0.29, 0.717) is 0 Å². The molecule has 1 heteroatoms. The van der Waals surface area contributed by atoms with E-state index in [4.69, 9.17) is 0 Å². The predicted molar refractivity (Wildman–Crippen MR) is 78.4 cm³/mol. The highest BCUT2D eigenvalue weighted by Crippen LogP contribution is 1.99. The maximum atomic E-state index is 12.1. The third-order valence-electron chi connectivity index (χ3n) is 2.23. The molecule has 18 heavy (non-hydrogen) atoms. The van der Waals surface area contributed by atoms with Crippen molar-refractivity contribution in [3.05, 3.63) is 71.0 Å². The normalized spacial score (nSPS) is 8.56. The Morgan fingerprint density at radius 3 is 1.00 bits per heavy atom. The van der Waals surface area contributed by atoms with E-state index in [1.165, 1.54) is 23.3 Å². The molecule has 98 valence electrons. The molecule has 0 heterocycles. The molecule has 0 nitrogen and oxygen atoms in total. The van der Waals surface area contributed by atoms with Gasteiger partial charge in [-0.3, -0.25) is 0 Å². The quantitative estimate of drug-likeness (QED) is 0.578. The Hall–Kier alpha value is -1.63. The fourth-order valence-corrected chi connectivity index (χ4v) is 1.17. The van der Waals surface area contributed by atoms with Crippen molar-refractivity contribution in [3.8, 4) is 0 Å². The van der Waals surface area contributed by atoms with Crippen molar-refractivity contribution < 1.29 is 4.39 Å². The van der Waals surface area contributed by atoms with E-state index in [-0.39, 0.29) is 5.82 Å². The standard InChI is InChI=1S/C8H10.C7H7F.C2H6/c1-7-3-5-8(2)6-4-7;1-6-2-4-7(8)5-3-6;1-2/h3-6H,1-2H3;2-5H,1H3;1-2H3. The van der Waals surface area contributed by atoms with Crippen LogP contribution in [-0.4, -0.2) is 0 Å². The van der Waals surface area contributed by atoms with E-state index < -0.39 is 0 Å². The van der Waals surface area contributed by atoms with Crippen LogP contribution in [0, 0.1) is 26.6 Å². The number of hydrogen-bond donors (Lipinski definition) is 0. The first-order valence-electron chi connectivity index (χ1n) is 6.33. The second-order valence-corrected chi connectivity index (χ2v) is 3.95. The lowest BCUT2D eigenvalue weighted by Gasteiger charge is -1.90. The van der Waals surface area contributed by atoms with Crippen LogP contribution in [0.4, 0.5) is 4.39 Å². The van der Waals surface area contributed by atoms with Crippen molar-refractivity contribution in [1.82, 2.24) is 0 Å². The minimum Gasteiger partial charge on any atom is -0.207 e. The Labute approximate surface area is 110 Å². The third-order valence-corrected chi connectivity index (χ3v) is 2.23. The molecule has 2 rings (SSSR count). The first kappa shape index (κ1) is 16.4. The number of hydrogen-bond acceptors (Lipinski definition) is 0. The second kappa shape index (κ2) is 9.41. The molecular formula is C17H23F. The average molecular weight is 246 g/mol. The van der Waals surface area contributed by atoms with Crippen molar-refractivity contribution in [3.63, 3.8) is 0 Å². The first-order valence-corrected chi connectivity index (χ1v) is 6.33. The molecule has 0 N–H and O–H groups in total. The third kappa shape index (κ3) is 7.61. The largest absolute Gasteiger partial charge is 0.207 e. The van der Waals surface area contributed by atoms with Gasteiger partial charge in [0.1, 0.15) is 5.82 Å². The molecule has 0 bridgehead atoms. The van der Waals surface area contributed by atoms with E-state index in [9.17, 15) is 4.39 Å². The summed E-state index contributed by atoms with van der Waals surface area (Å²) in [6.07, 6.45) is 0. The lowest BCUT2D eigenvalue weighted by molar-refractivity contribution is 0.627. The molecule has 2 aromatic rings. The summed E-state index contributed by atoms with van der Waals surface area (Å²) in [4.78, 5) is 0. The molecule has 0 aromatic heterocycles. The molecule has 0 spiro atoms. The minimum atomic E-state index is -0.171. The summed E-state index contributed by atoms with van der Waals surface area (Å²) in [6.45, 7) is 10.1. The number of benzene rings is 2. The zero-order chi connectivity index (χ0) is 14.0. The Morgan fingerprint density at radius 1 is 0.556 bits per heavy atom. The van der Waals surface area contributed by atoms with Gasteiger partial charge in [0.2, 0.25) is 0 Å². The van der Waals surface area contributed by atoms with Gasteiger partial charge in [-0.15, -0.1) is 0 Å². The van der Waals surface area contributed by atoms with E-state index in [2.05, 4.69) is 38.1 Å². The Balaban J connectivity index is 0.000000283. The molecule has 0 amide bonds. The smallest absolute Gasteiger partial charge is 0.123 e. The highest BCUT2D eigenvalue weighted by Gasteiger charge is 1.83. The summed E-state index contributed by atoms with van der Waals surface area (Å²) in [5.41, 5.74) is 3.75. The highest BCUT2D eigenvalue weighted by atomic mass is 19.1. The van der Waals surface area contributed by atoms with Crippen LogP contribution in [0.3, 0.4) is 0 Å². The van der Waals surface area contributed by atoms with Crippen LogP contribution < -0.4 is 0 Å². The van der Waals surface area contributed by atoms with Gasteiger partial charge in [0, 0.05) is 0 Å². The van der Waals surface area contributed by atoms with Crippen molar-refractivity contribution >= 4 is 0 Å². The molecule has 0 aliphatic rings. The number of rotatable bonds is 0. The van der Waals surface area contributed by atoms with Gasteiger partial charge in [-0.1, -0.05) is 66.9 Å². The summed E-state index contributed by atoms with van der Waals surface area (Å²) < 4.78 is 12.1. The summed E-state index contributed by atoms with van der Waals surface area (Å²) in [5, 5.41) is 0. The average Bonchev–Trinajstić information content (AvgIpc) is 2.40. The van der Waals surface area contributed by atoms with Crippen molar-refractivity contribution in [2.45, 2.75) is 34.6 Å². The van der Waals surface area contributed by atoms with E-state index >= 15 is 0 Å². The van der Waals surface area contributed by atoms with E-state index in [0.717, 1.165) is 5.56 Å². The Morgan fingerprint density at radius 2 is 0.778 bits per heavy atom. The summed E-state index contributed by atoms with van der Waals surface area (Å²) in [7, 11) is 0. The van der Waals surface area contributed by atoms with Crippen LogP contribution in [0.15, 0.2) is 48.5 Å². The molecule has 0 aliphatic heterocycles. The summed E-state index contributed by atoms with van der Waals surface area (Å²) >= 11 is 0. The maximum absolute atomic E-state index is 12.1. The summed E-state index contributed by atoms with van der Waals surface area (Å²) in [6, 6.07) is 14.9. The zero-order valence-electron chi connectivity index (χ0n) is 12.0. The van der Waals surface area contributed by atoms with E-state index in [1.807, 2.05) is 20.8 Å². The van der Waals surface area contributed by atoms with Gasteiger partial charge in [0.25, 0.3) is 0 Å². The minimum absolute atomic E-state index is 0.171. The fourth-order valence-electron chi connectivity index (χ4n) is 1.17. The Bertz CT molecular complexity index is 327. The van der Waals surface area contributed by atoms with Crippen molar-refractivity contribution in [2.24, 2.45) is 0 Å². The molecule has 0 atom stereocenters. The van der Waals surface area contributed by atoms with Gasteiger partial charge in [-0.2, -0.15) is 0 Å². The topological polar surface area (TPSA) is 0 Å². The van der Waals surface area contributed by atoms with Crippen LogP contribution in [-0.2, 0) is 0 Å². The predicted octanol–water partition coefficient (Wildman–Crippen LogP) is 5.46. The highest BCUT2D eigenvalue weighted by molar-refractivity contribution is 5.19. The van der Waals surface area contributed by atoms with Crippen LogP contribution in [0.25, 0.3) is 0 Å². The van der Waals surface area contributed by atoms with Gasteiger partial charge < -0.3 is 0 Å². The van der Waals surface area contributed by atoms with Crippen molar-refractivity contribution in [1.29, 1.82) is 0 Å². The van der Waals surface area contributed by atoms with Crippen LogP contribution in [0.2, 0.25) is 0 Å². The first-order chi connectivity index (χ1) is 8.58. The maximum Gasteiger partial charge on any atom is 0.123 e. The molecule has 0 aliphatic carbocycles. The second-order valence-electron chi connectivity index (χ2n) is 3.95. The molecule has 0 radical (unpaired) electrons. The molecule has 0 saturated heterocycles. The van der Waals surface area contributed by atoms with Gasteiger partial charge in [-0.25, -0.2) is 4.39 Å². The van der Waals surface area contributed by atoms with Gasteiger partial charge in [0.15, 0.2) is 0 Å². The summed E-state index contributed by atoms with van der Waals surface area (Å²) in [5.74, 6) is -0.171. The van der Waals surface area contributed by atoms with Gasteiger partial charge in [-0.05, 0) is 32.9 Å². The molecule has 2 aromatic carbocycles. The lowest BCUT2D eigenvalue weighted by atomic mass is 10.2.